The highest BCUT2D eigenvalue weighted by molar-refractivity contribution is 7.90. The number of unbranched alkanes of at least 4 members (excludes halogenated alkanes) is 1. The Hall–Kier alpha value is -0.780. The number of halogens is 3. The molecule has 0 aliphatic rings. The van der Waals surface area contributed by atoms with Crippen LogP contribution in [0.25, 0.3) is 0 Å². The van der Waals surface area contributed by atoms with E-state index in [1.54, 1.807) is 0 Å². The third kappa shape index (κ3) is 4.45. The third-order valence-corrected chi connectivity index (χ3v) is 2.46. The fourth-order valence-corrected chi connectivity index (χ4v) is 1.17. The van der Waals surface area contributed by atoms with E-state index in [1.807, 2.05) is 0 Å². The zero-order valence-electron chi connectivity index (χ0n) is 7.26. The van der Waals surface area contributed by atoms with E-state index in [0.717, 1.165) is 0 Å². The van der Waals surface area contributed by atoms with Crippen molar-refractivity contribution in [2.45, 2.75) is 18.3 Å². The quantitative estimate of drug-likeness (QED) is 0.574. The molecule has 3 nitrogen and oxygen atoms in total. The molecule has 0 bridgehead atoms. The van der Waals surface area contributed by atoms with Gasteiger partial charge in [-0.3, -0.25) is 0 Å². The maximum Gasteiger partial charge on any atom is 0.511 e. The summed E-state index contributed by atoms with van der Waals surface area (Å²) < 4.78 is 57.4. The van der Waals surface area contributed by atoms with E-state index in [1.165, 1.54) is 10.8 Å². The lowest BCUT2D eigenvalue weighted by molar-refractivity contribution is -0.0447. The van der Waals surface area contributed by atoms with Crippen LogP contribution in [-0.4, -0.2) is 20.5 Å². The van der Waals surface area contributed by atoms with Crippen molar-refractivity contribution in [3.05, 3.63) is 18.4 Å². The van der Waals surface area contributed by atoms with E-state index in [2.05, 4.69) is 12.3 Å². The van der Waals surface area contributed by atoms with Crippen LogP contribution >= 0.6 is 0 Å². The van der Waals surface area contributed by atoms with Crippen LogP contribution in [0.15, 0.2) is 18.4 Å². The molecule has 0 spiro atoms. The van der Waals surface area contributed by atoms with E-state index in [-0.39, 0.29) is 13.0 Å². The first kappa shape index (κ1) is 13.2. The van der Waals surface area contributed by atoms with Crippen LogP contribution in [0, 0.1) is 0 Å². The van der Waals surface area contributed by atoms with Crippen molar-refractivity contribution >= 4 is 10.0 Å². The second-order valence-corrected chi connectivity index (χ2v) is 4.15. The van der Waals surface area contributed by atoms with Gasteiger partial charge in [-0.05, 0) is 18.9 Å². The zero-order valence-corrected chi connectivity index (χ0v) is 8.08. The maximum atomic E-state index is 11.7. The van der Waals surface area contributed by atoms with Crippen LogP contribution < -0.4 is 4.72 Å². The highest BCUT2D eigenvalue weighted by Gasteiger charge is 2.45. The van der Waals surface area contributed by atoms with E-state index < -0.39 is 15.5 Å². The SMILES string of the molecule is C=C=CCCCNS(=O)(=O)C(F)(F)F. The summed E-state index contributed by atoms with van der Waals surface area (Å²) in [4.78, 5) is 0. The van der Waals surface area contributed by atoms with Gasteiger partial charge in [0.2, 0.25) is 0 Å². The van der Waals surface area contributed by atoms with Gasteiger partial charge in [0, 0.05) is 6.54 Å². The van der Waals surface area contributed by atoms with Crippen molar-refractivity contribution in [3.63, 3.8) is 0 Å². The largest absolute Gasteiger partial charge is 0.511 e. The molecule has 82 valence electrons. The Morgan fingerprint density at radius 1 is 1.43 bits per heavy atom. The first-order chi connectivity index (χ1) is 6.31. The minimum absolute atomic E-state index is 0.250. The summed E-state index contributed by atoms with van der Waals surface area (Å²) in [5, 5.41) is 0. The van der Waals surface area contributed by atoms with Gasteiger partial charge < -0.3 is 0 Å². The first-order valence-electron chi connectivity index (χ1n) is 3.71. The molecule has 0 radical (unpaired) electrons. The first-order valence-corrected chi connectivity index (χ1v) is 5.20. The standard InChI is InChI=1S/C7H10F3NO2S/c1-2-3-4-5-6-11-14(12,13)7(8,9)10/h3,11H,1,4-6H2. The second kappa shape index (κ2) is 5.19. The van der Waals surface area contributed by atoms with E-state index in [0.29, 0.717) is 6.42 Å². The molecule has 1 N–H and O–H groups in total. The van der Waals surface area contributed by atoms with Gasteiger partial charge in [-0.15, -0.1) is 5.73 Å². The number of allylic oxidation sites excluding steroid dienone is 1. The molecule has 0 aromatic heterocycles. The second-order valence-electron chi connectivity index (χ2n) is 2.39. The summed E-state index contributed by atoms with van der Waals surface area (Å²) >= 11 is 0. The molecule has 0 amide bonds. The molecule has 0 heterocycles. The molecule has 7 heteroatoms. The van der Waals surface area contributed by atoms with Gasteiger partial charge in [0.15, 0.2) is 0 Å². The van der Waals surface area contributed by atoms with Gasteiger partial charge in [-0.25, -0.2) is 13.1 Å². The fourth-order valence-electron chi connectivity index (χ4n) is 0.595. The number of nitrogens with one attached hydrogen (secondary N) is 1. The monoisotopic (exact) mass is 229 g/mol. The molecular formula is C7H10F3NO2S. The van der Waals surface area contributed by atoms with Crippen molar-refractivity contribution in [1.29, 1.82) is 0 Å². The normalized spacial score (nSPS) is 12.2. The van der Waals surface area contributed by atoms with Crippen LogP contribution in [0.5, 0.6) is 0 Å². The molecular weight excluding hydrogens is 219 g/mol. The average molecular weight is 229 g/mol. The van der Waals surface area contributed by atoms with Crippen LogP contribution in [-0.2, 0) is 10.0 Å². The van der Waals surface area contributed by atoms with Crippen molar-refractivity contribution in [2.75, 3.05) is 6.54 Å². The third-order valence-electron chi connectivity index (χ3n) is 1.27. The lowest BCUT2D eigenvalue weighted by Crippen LogP contribution is -2.36. The zero-order chi connectivity index (χ0) is 11.2. The maximum absolute atomic E-state index is 11.7. The smallest absolute Gasteiger partial charge is 0.207 e. The van der Waals surface area contributed by atoms with E-state index in [9.17, 15) is 21.6 Å². The highest BCUT2D eigenvalue weighted by Crippen LogP contribution is 2.21. The van der Waals surface area contributed by atoms with Crippen LogP contribution in [0.4, 0.5) is 13.2 Å². The van der Waals surface area contributed by atoms with Crippen LogP contribution in [0.1, 0.15) is 12.8 Å². The summed E-state index contributed by atoms with van der Waals surface area (Å²) in [5.74, 6) is 0. The van der Waals surface area contributed by atoms with Gasteiger partial charge in [0.25, 0.3) is 0 Å². The van der Waals surface area contributed by atoms with Crippen molar-refractivity contribution in [2.24, 2.45) is 0 Å². The topological polar surface area (TPSA) is 46.2 Å². The number of alkyl halides is 3. The number of hydrogen-bond acceptors (Lipinski definition) is 2. The summed E-state index contributed by atoms with van der Waals surface area (Å²) in [7, 11) is -5.18. The van der Waals surface area contributed by atoms with Gasteiger partial charge in [0.1, 0.15) is 0 Å². The number of rotatable bonds is 5. The molecule has 0 aromatic carbocycles. The van der Waals surface area contributed by atoms with E-state index >= 15 is 0 Å². The molecule has 0 unspecified atom stereocenters. The molecule has 0 atom stereocenters. The summed E-state index contributed by atoms with van der Waals surface area (Å²) in [6.45, 7) is 3.00. The fraction of sp³-hybridized carbons (Fsp3) is 0.571. The Labute approximate surface area is 80.4 Å². The van der Waals surface area contributed by atoms with Gasteiger partial charge in [-0.2, -0.15) is 13.2 Å². The number of sulfonamides is 1. The Morgan fingerprint density at radius 3 is 2.43 bits per heavy atom. The predicted molar refractivity (Wildman–Crippen MR) is 45.9 cm³/mol. The molecule has 0 aliphatic carbocycles. The Bertz CT molecular complexity index is 314. The molecule has 0 rings (SSSR count). The minimum Gasteiger partial charge on any atom is -0.207 e. The predicted octanol–water partition coefficient (Wildman–Crippen LogP) is 1.55. The van der Waals surface area contributed by atoms with Crippen LogP contribution in [0.2, 0.25) is 0 Å². The van der Waals surface area contributed by atoms with E-state index in [4.69, 9.17) is 0 Å². The summed E-state index contributed by atoms with van der Waals surface area (Å²) in [6, 6.07) is 0. The Kier molecular flexibility index (Phi) is 4.90. The minimum atomic E-state index is -5.23. The average Bonchev–Trinajstić information content (AvgIpc) is 2.02. The van der Waals surface area contributed by atoms with Gasteiger partial charge >= 0.3 is 15.5 Å². The Morgan fingerprint density at radius 2 is 2.00 bits per heavy atom. The summed E-state index contributed by atoms with van der Waals surface area (Å²) in [5.41, 5.74) is -2.81. The number of hydrogen-bond donors (Lipinski definition) is 1. The Balaban J connectivity index is 3.96. The molecule has 0 aliphatic heterocycles. The van der Waals surface area contributed by atoms with Gasteiger partial charge in [-0.1, -0.05) is 6.58 Å². The summed E-state index contributed by atoms with van der Waals surface area (Å²) in [6.07, 6.45) is 2.23. The van der Waals surface area contributed by atoms with Gasteiger partial charge in [0.05, 0.1) is 0 Å². The lowest BCUT2D eigenvalue weighted by Gasteiger charge is -2.08. The molecule has 0 aromatic rings. The van der Waals surface area contributed by atoms with Crippen molar-refractivity contribution in [3.8, 4) is 0 Å². The highest BCUT2D eigenvalue weighted by atomic mass is 32.2. The molecule has 0 saturated heterocycles. The molecule has 0 fully saturated rings. The molecule has 0 saturated carbocycles. The van der Waals surface area contributed by atoms with Crippen molar-refractivity contribution in [1.82, 2.24) is 4.72 Å². The lowest BCUT2D eigenvalue weighted by atomic mass is 10.3. The van der Waals surface area contributed by atoms with Crippen LogP contribution in [0.3, 0.4) is 0 Å². The van der Waals surface area contributed by atoms with Crippen molar-refractivity contribution < 1.29 is 21.6 Å². The molecule has 14 heavy (non-hydrogen) atoms.